The molecule has 0 spiro atoms. The minimum absolute atomic E-state index is 0.0894. The number of carboxylic acids is 4. The molecule has 48 heteroatoms. The second kappa shape index (κ2) is 58.5. The molecule has 1 fully saturated rings. The lowest BCUT2D eigenvalue weighted by molar-refractivity contribution is -0.143. The van der Waals surface area contributed by atoms with Crippen LogP contribution in [-0.2, 0) is 104 Å². The lowest BCUT2D eigenvalue weighted by Crippen LogP contribution is -2.61. The normalized spacial score (nSPS) is 21.0. The Morgan fingerprint density at radius 2 is 1.04 bits per heavy atom. The number of carbonyl (C=O) groups excluding carboxylic acids is 15. The van der Waals surface area contributed by atoms with Gasteiger partial charge in [-0.25, -0.2) is 9.78 Å². The minimum atomic E-state index is -1.96. The van der Waals surface area contributed by atoms with Crippen LogP contribution in [0.1, 0.15) is 169 Å². The summed E-state index contributed by atoms with van der Waals surface area (Å²) in [5.74, 6) is -23.5. The van der Waals surface area contributed by atoms with Crippen LogP contribution in [0.15, 0.2) is 43.0 Å². The third-order valence-electron chi connectivity index (χ3n) is 21.3. The Labute approximate surface area is 770 Å². The van der Waals surface area contributed by atoms with Gasteiger partial charge in [0.05, 0.1) is 44.1 Å². The third-order valence-corrected chi connectivity index (χ3v) is 24.4. The van der Waals surface area contributed by atoms with Gasteiger partial charge < -0.3 is 132 Å². The quantitative estimate of drug-likeness (QED) is 0.0196. The van der Waals surface area contributed by atoms with E-state index in [9.17, 15) is 122 Å². The molecule has 5 unspecified atom stereocenters. The molecule has 3 heterocycles. The van der Waals surface area contributed by atoms with Gasteiger partial charge in [0.25, 0.3) is 0 Å². The lowest BCUT2D eigenvalue weighted by Gasteiger charge is -2.30. The number of aliphatic carboxylic acids is 4. The summed E-state index contributed by atoms with van der Waals surface area (Å²) in [7, 11) is 1.75. The fraction of sp³-hybridized carbons (Fsp3) is 0.639. The van der Waals surface area contributed by atoms with Crippen LogP contribution in [0.25, 0.3) is 10.9 Å². The summed E-state index contributed by atoms with van der Waals surface area (Å²) in [6, 6.07) is -16.9. The first-order valence-corrected chi connectivity index (χ1v) is 47.3. The fourth-order valence-corrected chi connectivity index (χ4v) is 16.2. The van der Waals surface area contributed by atoms with Gasteiger partial charge in [0.2, 0.25) is 88.6 Å². The topological polar surface area (TPSA) is 723 Å². The summed E-state index contributed by atoms with van der Waals surface area (Å²) in [6.45, 7) is 11.3. The van der Waals surface area contributed by atoms with Crippen LogP contribution in [0.4, 0.5) is 0 Å². The van der Waals surface area contributed by atoms with E-state index in [-0.39, 0.29) is 131 Å². The summed E-state index contributed by atoms with van der Waals surface area (Å²) in [4.78, 5) is 272. The maximum absolute atomic E-state index is 14.5. The summed E-state index contributed by atoms with van der Waals surface area (Å²) >= 11 is 1.24. The van der Waals surface area contributed by atoms with E-state index in [1.54, 1.807) is 92.1 Å². The number of carbonyl (C=O) groups is 19. The molecule has 1 aliphatic heterocycles. The number of unbranched alkanes of at least 4 members (excludes halogenated alkanes) is 3. The van der Waals surface area contributed by atoms with E-state index in [4.69, 9.17) is 11.5 Å². The standard InChI is InChI=1S/C83H130N20O25S3/c1-10-44(7)67(81(125)98-59(83(127)128)31-46-35-88-50-20-15-14-19-48(46)50)103-82(126)68(45(8)11-2)102-78(122)58(34-66(111)112)97-75(119)55(30-43(5)6)94-76(120)56(32-47-36-86-41-89-47)90-63(106)22-13-12-18-27-87-70(114)62-40-131-130-39-49(85)69(113)99-60(37-104)80(124)100-61(38-105)79(123)95-54(29-42(3)4)74(118)93-53(25-28-129-9)73(117)96-57(33-65(109)110)77(121)91-51(21-16-17-26-84)71(115)92-52(72(116)101-62)23-24-64(107)108/h14-15,19-20,35-36,41-45,49,51-62,67-68,88,104-105H,10-13,16-18,21-34,37-40,84-85H2,1-9H3,(H,86,89)(H,87,114)(H,90,106)(H,91,121)(H,92,115)(H,93,118)(H,94,120)(H,95,123)(H,96,117)(H,97,119)(H,98,125)(H,99,113)(H,100,124)(H,101,116)(H,102,122)(H,103,126)(H,107,108)(H,109,110)(H,111,112)(H,127,128)/t44-,45-,49-,51-,52?,53-,54?,55-,56-,57?,58-,59-,60-,61?,62?,67-,68-/m0/s1. The molecule has 730 valence electrons. The van der Waals surface area contributed by atoms with Gasteiger partial charge >= 0.3 is 23.9 Å². The number of hydrogen-bond donors (Lipinski definition) is 25. The number of thioether (sulfide) groups is 1. The highest BCUT2D eigenvalue weighted by atomic mass is 33.1. The number of rotatable bonds is 47. The number of carboxylic acid groups (broad SMARTS) is 4. The average molecular weight is 1900 g/mol. The maximum atomic E-state index is 14.5. The van der Waals surface area contributed by atoms with E-state index >= 15 is 0 Å². The largest absolute Gasteiger partial charge is 0.481 e. The van der Waals surface area contributed by atoms with Crippen LogP contribution in [0, 0.1) is 23.7 Å². The van der Waals surface area contributed by atoms with Crippen molar-refractivity contribution in [1.29, 1.82) is 0 Å². The highest BCUT2D eigenvalue weighted by Crippen LogP contribution is 2.25. The van der Waals surface area contributed by atoms with E-state index in [1.165, 1.54) is 24.3 Å². The number of amides is 15. The van der Waals surface area contributed by atoms with Crippen LogP contribution in [-0.4, -0.2) is 299 Å². The zero-order valence-corrected chi connectivity index (χ0v) is 77.4. The third kappa shape index (κ3) is 39.8. The van der Waals surface area contributed by atoms with E-state index in [2.05, 4.69) is 94.7 Å². The predicted octanol–water partition coefficient (Wildman–Crippen LogP) is -3.19. The van der Waals surface area contributed by atoms with Crippen molar-refractivity contribution in [3.8, 4) is 0 Å². The maximum Gasteiger partial charge on any atom is 0.326 e. The van der Waals surface area contributed by atoms with Crippen molar-refractivity contribution in [2.75, 3.05) is 49.8 Å². The molecule has 3 aromatic rings. The molecule has 0 aliphatic carbocycles. The Morgan fingerprint density at radius 3 is 1.60 bits per heavy atom. The number of nitrogens with zero attached hydrogens (tertiary/aromatic N) is 1. The number of aliphatic hydroxyl groups is 2. The number of aromatic amines is 2. The van der Waals surface area contributed by atoms with Crippen molar-refractivity contribution in [2.45, 2.75) is 262 Å². The van der Waals surface area contributed by atoms with Crippen LogP contribution in [0.5, 0.6) is 0 Å². The van der Waals surface area contributed by atoms with Crippen molar-refractivity contribution in [1.82, 2.24) is 94.7 Å². The van der Waals surface area contributed by atoms with Crippen molar-refractivity contribution in [3.63, 3.8) is 0 Å². The minimum Gasteiger partial charge on any atom is -0.481 e. The number of hydrogen-bond acceptors (Lipinski definition) is 27. The molecule has 27 N–H and O–H groups in total. The van der Waals surface area contributed by atoms with E-state index in [0.717, 1.165) is 32.5 Å². The molecule has 17 atom stereocenters. The lowest BCUT2D eigenvalue weighted by atomic mass is 9.94. The molecule has 1 aliphatic rings. The average Bonchev–Trinajstić information content (AvgIpc) is 1.69. The van der Waals surface area contributed by atoms with Crippen molar-refractivity contribution >= 4 is 157 Å². The van der Waals surface area contributed by atoms with Gasteiger partial charge in [0.15, 0.2) is 0 Å². The van der Waals surface area contributed by atoms with Crippen LogP contribution in [0.2, 0.25) is 0 Å². The molecule has 2 aromatic heterocycles. The van der Waals surface area contributed by atoms with Gasteiger partial charge in [0, 0.05) is 67.0 Å². The molecule has 1 saturated heterocycles. The summed E-state index contributed by atoms with van der Waals surface area (Å²) in [5, 5.41) is 98.9. The summed E-state index contributed by atoms with van der Waals surface area (Å²) in [5.41, 5.74) is 13.6. The first-order valence-electron chi connectivity index (χ1n) is 43.4. The molecule has 131 heavy (non-hydrogen) atoms. The first-order chi connectivity index (χ1) is 62.1. The predicted molar refractivity (Wildman–Crippen MR) is 483 cm³/mol. The van der Waals surface area contributed by atoms with Gasteiger partial charge in [-0.1, -0.05) is 114 Å². The smallest absolute Gasteiger partial charge is 0.326 e. The summed E-state index contributed by atoms with van der Waals surface area (Å²) in [6.07, 6.45) is 2.85. The van der Waals surface area contributed by atoms with E-state index < -0.39 is 254 Å². The van der Waals surface area contributed by atoms with Crippen LogP contribution < -0.4 is 91.2 Å². The highest BCUT2D eigenvalue weighted by molar-refractivity contribution is 8.76. The Balaban J connectivity index is 1.57. The number of aliphatic hydroxyl groups excluding tert-OH is 2. The van der Waals surface area contributed by atoms with Gasteiger partial charge in [-0.2, -0.15) is 11.8 Å². The zero-order valence-electron chi connectivity index (χ0n) is 75.0. The second-order valence-electron chi connectivity index (χ2n) is 32.8. The van der Waals surface area contributed by atoms with Gasteiger partial charge in [0.1, 0.15) is 84.6 Å². The number of nitrogens with one attached hydrogen (secondary N) is 17. The van der Waals surface area contributed by atoms with Crippen LogP contribution >= 0.6 is 33.3 Å². The van der Waals surface area contributed by atoms with Gasteiger partial charge in [-0.15, -0.1) is 0 Å². The monoisotopic (exact) mass is 1900 g/mol. The SMILES string of the molecule is CC[C@H](C)[C@H](NC(=O)[C@H](CC(=O)O)NC(=O)[C@H](CC(C)C)NC(=O)[C@H](Cc1c[nH]cn1)NC(=O)CCCCCNC(=O)C1CSSC[C@H](N)C(=O)N[C@@H](CO)C(=O)NC(CO)C(=O)NC(CC(C)C)C(=O)N[C@@H](CCSC)C(=O)NC(CC(=O)O)C(=O)N[C@@H](CCCCN)C(=O)NC(CCC(=O)O)C(=O)N1)C(=O)N[C@H](C(=O)N[C@@H](Cc1c[nH]c2ccccc12)C(=O)O)[C@@H](C)CC. The highest BCUT2D eigenvalue weighted by Gasteiger charge is 2.41. The Hall–Kier alpha value is -11.2. The first kappa shape index (κ1) is 112. The fourth-order valence-electron chi connectivity index (χ4n) is 13.5. The number of imidazole rings is 1. The Kier molecular flexibility index (Phi) is 50.1. The number of H-pyrrole nitrogens is 2. The van der Waals surface area contributed by atoms with Gasteiger partial charge in [-0.05, 0) is 112 Å². The molecule has 1 aromatic carbocycles. The molecule has 0 saturated carbocycles. The molecule has 15 amide bonds. The van der Waals surface area contributed by atoms with E-state index in [1.807, 2.05) is 0 Å². The molecule has 45 nitrogen and oxygen atoms in total. The molecule has 0 radical (unpaired) electrons. The molecular formula is C83H130N20O25S3. The number of fused-ring (bicyclic) bond motifs is 1. The van der Waals surface area contributed by atoms with Crippen LogP contribution in [0.3, 0.4) is 0 Å². The molecule has 0 bridgehead atoms. The molecular weight excluding hydrogens is 1770 g/mol. The number of nitrogens with two attached hydrogens (primary N) is 2. The molecule has 4 rings (SSSR count). The number of para-hydroxylation sites is 1. The van der Waals surface area contributed by atoms with E-state index in [0.29, 0.717) is 12.0 Å². The van der Waals surface area contributed by atoms with Crippen molar-refractivity contribution in [3.05, 3.63) is 54.2 Å². The number of aromatic nitrogens is 3. The Bertz CT molecular complexity index is 4340. The summed E-state index contributed by atoms with van der Waals surface area (Å²) < 4.78 is 0. The number of benzene rings is 1. The van der Waals surface area contributed by atoms with Gasteiger partial charge in [-0.3, -0.25) is 86.3 Å². The second-order valence-corrected chi connectivity index (χ2v) is 36.3. The Morgan fingerprint density at radius 1 is 0.519 bits per heavy atom. The zero-order chi connectivity index (χ0) is 97.7. The van der Waals surface area contributed by atoms with Crippen molar-refractivity contribution < 1.29 is 122 Å². The van der Waals surface area contributed by atoms with Crippen molar-refractivity contribution in [2.24, 2.45) is 35.1 Å².